The molecule has 1 saturated carbocycles. The Bertz CT molecular complexity index is 852. The van der Waals surface area contributed by atoms with E-state index in [9.17, 15) is 4.79 Å². The Labute approximate surface area is 164 Å². The number of nitrogens with zero attached hydrogens (tertiary/aromatic N) is 4. The van der Waals surface area contributed by atoms with Crippen molar-refractivity contribution in [1.82, 2.24) is 19.7 Å². The molecular formula is C21H26N4OS. The van der Waals surface area contributed by atoms with Gasteiger partial charge in [-0.05, 0) is 64.5 Å². The molecule has 142 valence electrons. The first kappa shape index (κ1) is 18.3. The van der Waals surface area contributed by atoms with Crippen LogP contribution >= 0.6 is 11.8 Å². The van der Waals surface area contributed by atoms with E-state index in [0.29, 0.717) is 11.8 Å². The number of aryl methyl sites for hydroxylation is 2. The summed E-state index contributed by atoms with van der Waals surface area (Å²) in [6.07, 6.45) is 9.09. The molecule has 4 rings (SSSR count). The highest BCUT2D eigenvalue weighted by atomic mass is 32.2. The van der Waals surface area contributed by atoms with Crippen LogP contribution < -0.4 is 0 Å². The number of benzene rings is 1. The number of amides is 1. The lowest BCUT2D eigenvalue weighted by atomic mass is 10.0. The number of hydrogen-bond donors (Lipinski definition) is 0. The standard InChI is InChI=1S/C21H26N4OS/c1-15-8-10-18(11-9-15)24-16(2)22-23-21(24)27-14-20(26)25(19-12-13-19)17-6-4-3-5-7-17/h6,8-11,19H,3-5,7,12-14H2,1-2H3. The minimum atomic E-state index is 0.201. The van der Waals surface area contributed by atoms with E-state index in [4.69, 9.17) is 0 Å². The fraction of sp³-hybridized carbons (Fsp3) is 0.476. The van der Waals surface area contributed by atoms with E-state index in [2.05, 4.69) is 52.4 Å². The van der Waals surface area contributed by atoms with Crippen LogP contribution in [0, 0.1) is 13.8 Å². The third-order valence-corrected chi connectivity index (χ3v) is 6.08. The molecular weight excluding hydrogens is 356 g/mol. The van der Waals surface area contributed by atoms with Crippen molar-refractivity contribution in [2.24, 2.45) is 0 Å². The number of thioether (sulfide) groups is 1. The first-order chi connectivity index (χ1) is 13.1. The molecule has 0 atom stereocenters. The molecule has 27 heavy (non-hydrogen) atoms. The van der Waals surface area contributed by atoms with Crippen LogP contribution in [0.25, 0.3) is 5.69 Å². The number of carbonyl (C=O) groups is 1. The Balaban J connectivity index is 1.49. The molecule has 6 heteroatoms. The topological polar surface area (TPSA) is 51.0 Å². The number of carbonyl (C=O) groups excluding carboxylic acids is 1. The molecule has 0 aliphatic heterocycles. The number of hydrogen-bond acceptors (Lipinski definition) is 4. The molecule has 5 nitrogen and oxygen atoms in total. The molecule has 1 fully saturated rings. The van der Waals surface area contributed by atoms with E-state index in [1.807, 2.05) is 11.5 Å². The average Bonchev–Trinajstić information content (AvgIpc) is 3.44. The van der Waals surface area contributed by atoms with Crippen molar-refractivity contribution < 1.29 is 4.79 Å². The maximum atomic E-state index is 13.0. The van der Waals surface area contributed by atoms with E-state index >= 15 is 0 Å². The zero-order valence-corrected chi connectivity index (χ0v) is 16.8. The van der Waals surface area contributed by atoms with Crippen LogP contribution in [0.15, 0.2) is 41.2 Å². The van der Waals surface area contributed by atoms with Gasteiger partial charge in [0.25, 0.3) is 0 Å². The van der Waals surface area contributed by atoms with E-state index in [1.165, 1.54) is 35.9 Å². The summed E-state index contributed by atoms with van der Waals surface area (Å²) in [6.45, 7) is 4.02. The van der Waals surface area contributed by atoms with Crippen molar-refractivity contribution in [2.45, 2.75) is 63.6 Å². The van der Waals surface area contributed by atoms with Crippen LogP contribution in [0.4, 0.5) is 0 Å². The second-order valence-corrected chi connectivity index (χ2v) is 8.37. The predicted octanol–water partition coefficient (Wildman–Crippen LogP) is 4.43. The fourth-order valence-corrected chi connectivity index (χ4v) is 4.45. The molecule has 1 amide bonds. The van der Waals surface area contributed by atoms with Gasteiger partial charge in [0, 0.05) is 17.4 Å². The van der Waals surface area contributed by atoms with Crippen molar-refractivity contribution >= 4 is 17.7 Å². The first-order valence-electron chi connectivity index (χ1n) is 9.76. The Hall–Kier alpha value is -2.08. The van der Waals surface area contributed by atoms with Crippen molar-refractivity contribution in [3.05, 3.63) is 47.4 Å². The molecule has 0 N–H and O–H groups in total. The van der Waals surface area contributed by atoms with E-state index in [1.54, 1.807) is 0 Å². The van der Waals surface area contributed by atoms with Crippen LogP contribution in [0.2, 0.25) is 0 Å². The lowest BCUT2D eigenvalue weighted by molar-refractivity contribution is -0.127. The summed E-state index contributed by atoms with van der Waals surface area (Å²) in [4.78, 5) is 15.1. The maximum absolute atomic E-state index is 13.0. The molecule has 1 aromatic heterocycles. The molecule has 1 heterocycles. The van der Waals surface area contributed by atoms with Gasteiger partial charge in [0.1, 0.15) is 5.82 Å². The molecule has 2 aliphatic carbocycles. The fourth-order valence-electron chi connectivity index (χ4n) is 3.59. The highest BCUT2D eigenvalue weighted by Crippen LogP contribution is 2.34. The van der Waals surface area contributed by atoms with Gasteiger partial charge >= 0.3 is 0 Å². The monoisotopic (exact) mass is 382 g/mol. The van der Waals surface area contributed by atoms with Gasteiger partial charge in [-0.2, -0.15) is 0 Å². The van der Waals surface area contributed by atoms with Crippen LogP contribution in [-0.4, -0.2) is 37.4 Å². The van der Waals surface area contributed by atoms with Gasteiger partial charge in [0.15, 0.2) is 5.16 Å². The summed E-state index contributed by atoms with van der Waals surface area (Å²) in [5, 5.41) is 9.32. The molecule has 0 bridgehead atoms. The summed E-state index contributed by atoms with van der Waals surface area (Å²) >= 11 is 1.48. The minimum Gasteiger partial charge on any atom is -0.313 e. The summed E-state index contributed by atoms with van der Waals surface area (Å²) in [5.74, 6) is 1.44. The van der Waals surface area contributed by atoms with Gasteiger partial charge in [-0.3, -0.25) is 9.36 Å². The van der Waals surface area contributed by atoms with Crippen LogP contribution in [-0.2, 0) is 4.79 Å². The Morgan fingerprint density at radius 1 is 1.19 bits per heavy atom. The van der Waals surface area contributed by atoms with Crippen molar-refractivity contribution in [3.8, 4) is 5.69 Å². The summed E-state index contributed by atoms with van der Waals surface area (Å²) in [7, 11) is 0. The normalized spacial score (nSPS) is 16.9. The summed E-state index contributed by atoms with van der Waals surface area (Å²) in [6, 6.07) is 8.72. The maximum Gasteiger partial charge on any atom is 0.237 e. The van der Waals surface area contributed by atoms with E-state index < -0.39 is 0 Å². The zero-order valence-electron chi connectivity index (χ0n) is 16.0. The second kappa shape index (κ2) is 7.89. The SMILES string of the molecule is Cc1ccc(-n2c(C)nnc2SCC(=O)N(C2=CCCCC2)C2CC2)cc1. The summed E-state index contributed by atoms with van der Waals surface area (Å²) in [5.41, 5.74) is 3.49. The number of allylic oxidation sites excluding steroid dienone is 2. The zero-order chi connectivity index (χ0) is 18.8. The van der Waals surface area contributed by atoms with Gasteiger partial charge < -0.3 is 4.90 Å². The number of aromatic nitrogens is 3. The van der Waals surface area contributed by atoms with Crippen molar-refractivity contribution in [1.29, 1.82) is 0 Å². The van der Waals surface area contributed by atoms with Gasteiger partial charge in [0.05, 0.1) is 5.75 Å². The smallest absolute Gasteiger partial charge is 0.237 e. The molecule has 2 aromatic rings. The van der Waals surface area contributed by atoms with E-state index in [-0.39, 0.29) is 5.91 Å². The van der Waals surface area contributed by atoms with Gasteiger partial charge in [0.2, 0.25) is 5.91 Å². The van der Waals surface area contributed by atoms with Gasteiger partial charge in [-0.15, -0.1) is 10.2 Å². The molecule has 0 unspecified atom stereocenters. The molecule has 0 saturated heterocycles. The second-order valence-electron chi connectivity index (χ2n) is 7.43. The lowest BCUT2D eigenvalue weighted by Gasteiger charge is -2.27. The molecule has 2 aliphatic rings. The number of rotatable bonds is 6. The predicted molar refractivity (Wildman–Crippen MR) is 108 cm³/mol. The first-order valence-corrected chi connectivity index (χ1v) is 10.7. The quantitative estimate of drug-likeness (QED) is 0.694. The van der Waals surface area contributed by atoms with E-state index in [0.717, 1.165) is 42.4 Å². The highest BCUT2D eigenvalue weighted by Gasteiger charge is 2.35. The molecule has 1 aromatic carbocycles. The van der Waals surface area contributed by atoms with Crippen molar-refractivity contribution in [2.75, 3.05) is 5.75 Å². The van der Waals surface area contributed by atoms with Gasteiger partial charge in [-0.25, -0.2) is 0 Å². The molecule has 0 spiro atoms. The summed E-state index contributed by atoms with van der Waals surface area (Å²) < 4.78 is 2.03. The van der Waals surface area contributed by atoms with Crippen LogP contribution in [0.3, 0.4) is 0 Å². The van der Waals surface area contributed by atoms with Crippen LogP contribution in [0.5, 0.6) is 0 Å². The Kier molecular flexibility index (Phi) is 5.34. The Morgan fingerprint density at radius 2 is 1.96 bits per heavy atom. The van der Waals surface area contributed by atoms with Gasteiger partial charge in [-0.1, -0.05) is 35.5 Å². The minimum absolute atomic E-state index is 0.201. The van der Waals surface area contributed by atoms with Crippen LogP contribution in [0.1, 0.15) is 49.9 Å². The lowest BCUT2D eigenvalue weighted by Crippen LogP contribution is -2.34. The van der Waals surface area contributed by atoms with Crippen molar-refractivity contribution in [3.63, 3.8) is 0 Å². The highest BCUT2D eigenvalue weighted by molar-refractivity contribution is 7.99. The third-order valence-electron chi connectivity index (χ3n) is 5.17. The molecule has 0 radical (unpaired) electrons. The largest absolute Gasteiger partial charge is 0.313 e. The average molecular weight is 383 g/mol. The Morgan fingerprint density at radius 3 is 2.63 bits per heavy atom. The third kappa shape index (κ3) is 4.10.